The predicted molar refractivity (Wildman–Crippen MR) is 70.6 cm³/mol. The maximum absolute atomic E-state index is 13.5. The summed E-state index contributed by atoms with van der Waals surface area (Å²) in [6.07, 6.45) is 0. The number of hydrogen-bond donors (Lipinski definition) is 1. The molecule has 0 bridgehead atoms. The molecule has 106 valence electrons. The Morgan fingerprint density at radius 3 is 2.45 bits per heavy atom. The number of nitrogens with one attached hydrogen (secondary N) is 1. The number of anilines is 1. The average molecular weight is 281 g/mol. The van der Waals surface area contributed by atoms with E-state index in [0.717, 1.165) is 16.7 Å². The molecular formula is C13H13F2N3O2. The van der Waals surface area contributed by atoms with Gasteiger partial charge in [0.1, 0.15) is 17.5 Å². The van der Waals surface area contributed by atoms with Crippen LogP contribution in [0.25, 0.3) is 0 Å². The van der Waals surface area contributed by atoms with Gasteiger partial charge in [0, 0.05) is 38.3 Å². The van der Waals surface area contributed by atoms with E-state index < -0.39 is 22.9 Å². The molecule has 1 heterocycles. The van der Waals surface area contributed by atoms with Gasteiger partial charge in [0.05, 0.1) is 0 Å². The van der Waals surface area contributed by atoms with Crippen LogP contribution in [0.1, 0.15) is 5.56 Å². The molecule has 1 aromatic heterocycles. The van der Waals surface area contributed by atoms with Crippen LogP contribution in [0, 0.1) is 11.6 Å². The fourth-order valence-electron chi connectivity index (χ4n) is 1.75. The van der Waals surface area contributed by atoms with Gasteiger partial charge in [-0.15, -0.1) is 0 Å². The van der Waals surface area contributed by atoms with Crippen molar-refractivity contribution in [1.82, 2.24) is 9.13 Å². The number of benzene rings is 1. The van der Waals surface area contributed by atoms with E-state index >= 15 is 0 Å². The second-order valence-electron chi connectivity index (χ2n) is 4.36. The minimum atomic E-state index is -0.689. The lowest BCUT2D eigenvalue weighted by Gasteiger charge is -2.12. The summed E-state index contributed by atoms with van der Waals surface area (Å²) in [5.74, 6) is -1.08. The Kier molecular flexibility index (Phi) is 3.69. The first kappa shape index (κ1) is 14.0. The zero-order valence-electron chi connectivity index (χ0n) is 11.0. The van der Waals surface area contributed by atoms with E-state index in [4.69, 9.17) is 0 Å². The number of rotatable bonds is 3. The molecule has 0 aliphatic rings. The molecule has 0 aliphatic carbocycles. The second-order valence-corrected chi connectivity index (χ2v) is 4.36. The van der Waals surface area contributed by atoms with Gasteiger partial charge in [-0.3, -0.25) is 13.9 Å². The molecule has 0 amide bonds. The first-order valence-electron chi connectivity index (χ1n) is 5.85. The van der Waals surface area contributed by atoms with Gasteiger partial charge in [0.2, 0.25) is 0 Å². The zero-order chi connectivity index (χ0) is 14.9. The van der Waals surface area contributed by atoms with E-state index in [-0.39, 0.29) is 17.9 Å². The molecule has 0 radical (unpaired) electrons. The minimum absolute atomic E-state index is 0.0343. The Morgan fingerprint density at radius 2 is 1.80 bits per heavy atom. The highest BCUT2D eigenvalue weighted by atomic mass is 19.1. The van der Waals surface area contributed by atoms with Gasteiger partial charge < -0.3 is 5.32 Å². The van der Waals surface area contributed by atoms with Crippen molar-refractivity contribution in [3.05, 3.63) is 62.3 Å². The monoisotopic (exact) mass is 281 g/mol. The van der Waals surface area contributed by atoms with Gasteiger partial charge in [0.25, 0.3) is 5.56 Å². The van der Waals surface area contributed by atoms with Crippen molar-refractivity contribution < 1.29 is 8.78 Å². The molecule has 0 unspecified atom stereocenters. The second kappa shape index (κ2) is 5.28. The third-order valence-electron chi connectivity index (χ3n) is 3.00. The van der Waals surface area contributed by atoms with Crippen LogP contribution in [0.4, 0.5) is 14.6 Å². The lowest BCUT2D eigenvalue weighted by atomic mass is 10.2. The minimum Gasteiger partial charge on any atom is -0.367 e. The molecule has 0 atom stereocenters. The van der Waals surface area contributed by atoms with Crippen LogP contribution in [-0.2, 0) is 20.6 Å². The van der Waals surface area contributed by atoms with Gasteiger partial charge in [-0.25, -0.2) is 13.6 Å². The third-order valence-corrected chi connectivity index (χ3v) is 3.00. The predicted octanol–water partition coefficient (Wildman–Crippen LogP) is 0.974. The Hall–Kier alpha value is -2.44. The molecule has 0 fully saturated rings. The molecule has 0 spiro atoms. The fraction of sp³-hybridized carbons (Fsp3) is 0.231. The quantitative estimate of drug-likeness (QED) is 0.912. The molecular weight excluding hydrogens is 268 g/mol. The Balaban J connectivity index is 2.28. The normalized spacial score (nSPS) is 10.6. The highest BCUT2D eigenvalue weighted by molar-refractivity contribution is 5.35. The van der Waals surface area contributed by atoms with Crippen LogP contribution in [0.2, 0.25) is 0 Å². The smallest absolute Gasteiger partial charge is 0.332 e. The van der Waals surface area contributed by atoms with E-state index in [0.29, 0.717) is 0 Å². The first-order valence-corrected chi connectivity index (χ1v) is 5.85. The summed E-state index contributed by atoms with van der Waals surface area (Å²) in [4.78, 5) is 23.2. The van der Waals surface area contributed by atoms with Crippen LogP contribution in [-0.4, -0.2) is 9.13 Å². The van der Waals surface area contributed by atoms with Crippen LogP contribution in [0.15, 0.2) is 33.9 Å². The van der Waals surface area contributed by atoms with E-state index in [9.17, 15) is 18.4 Å². The van der Waals surface area contributed by atoms with E-state index in [1.807, 2.05) is 0 Å². The number of nitrogens with zero attached hydrogens (tertiary/aromatic N) is 2. The van der Waals surface area contributed by atoms with Crippen molar-refractivity contribution in [2.45, 2.75) is 6.54 Å². The van der Waals surface area contributed by atoms with Crippen LogP contribution >= 0.6 is 0 Å². The Bertz CT molecular complexity index is 765. The third kappa shape index (κ3) is 2.61. The molecule has 5 nitrogen and oxygen atoms in total. The maximum atomic E-state index is 13.5. The number of aromatic nitrogens is 2. The molecule has 2 aromatic rings. The summed E-state index contributed by atoms with van der Waals surface area (Å²) in [5.41, 5.74) is -0.714. The van der Waals surface area contributed by atoms with E-state index in [2.05, 4.69) is 5.32 Å². The molecule has 0 saturated carbocycles. The molecule has 2 rings (SSSR count). The summed E-state index contributed by atoms with van der Waals surface area (Å²) in [6, 6.07) is 4.46. The molecule has 1 N–H and O–H groups in total. The number of hydrogen-bond acceptors (Lipinski definition) is 3. The molecule has 1 aromatic carbocycles. The summed E-state index contributed by atoms with van der Waals surface area (Å²) in [5, 5.41) is 2.79. The van der Waals surface area contributed by atoms with Crippen molar-refractivity contribution in [3.8, 4) is 0 Å². The lowest BCUT2D eigenvalue weighted by molar-refractivity contribution is 0.573. The fourth-order valence-corrected chi connectivity index (χ4v) is 1.75. The van der Waals surface area contributed by atoms with Gasteiger partial charge in [-0.1, -0.05) is 6.07 Å². The average Bonchev–Trinajstić information content (AvgIpc) is 2.40. The summed E-state index contributed by atoms with van der Waals surface area (Å²) >= 11 is 0. The standard InChI is InChI=1S/C13H13F2N3O2/c1-17-11(6-12(19)18(2)13(17)20)16-7-8-3-4-9(14)5-10(8)15/h3-6,16H,7H2,1-2H3. The van der Waals surface area contributed by atoms with Crippen LogP contribution in [0.5, 0.6) is 0 Å². The Morgan fingerprint density at radius 1 is 1.10 bits per heavy atom. The Labute approximate surface area is 113 Å². The lowest BCUT2D eigenvalue weighted by Crippen LogP contribution is -2.37. The topological polar surface area (TPSA) is 56.0 Å². The molecule has 0 aliphatic heterocycles. The van der Waals surface area contributed by atoms with E-state index in [1.165, 1.54) is 30.8 Å². The zero-order valence-corrected chi connectivity index (χ0v) is 11.0. The largest absolute Gasteiger partial charge is 0.367 e. The highest BCUT2D eigenvalue weighted by Crippen LogP contribution is 2.11. The van der Waals surface area contributed by atoms with Crippen LogP contribution < -0.4 is 16.6 Å². The summed E-state index contributed by atoms with van der Waals surface area (Å²) in [6.45, 7) is 0.0343. The van der Waals surface area contributed by atoms with Crippen LogP contribution in [0.3, 0.4) is 0 Å². The van der Waals surface area contributed by atoms with E-state index in [1.54, 1.807) is 0 Å². The maximum Gasteiger partial charge on any atom is 0.332 e. The number of halogens is 2. The van der Waals surface area contributed by atoms with Crippen molar-refractivity contribution in [3.63, 3.8) is 0 Å². The van der Waals surface area contributed by atoms with Crippen molar-refractivity contribution >= 4 is 5.82 Å². The molecule has 7 heteroatoms. The van der Waals surface area contributed by atoms with Gasteiger partial charge in [-0.2, -0.15) is 0 Å². The summed E-state index contributed by atoms with van der Waals surface area (Å²) in [7, 11) is 2.86. The van der Waals surface area contributed by atoms with Crippen molar-refractivity contribution in [2.24, 2.45) is 14.1 Å². The SMILES string of the molecule is Cn1c(NCc2ccc(F)cc2F)cc(=O)n(C)c1=O. The van der Waals surface area contributed by atoms with Crippen molar-refractivity contribution in [2.75, 3.05) is 5.32 Å². The first-order chi connectivity index (χ1) is 9.40. The van der Waals surface area contributed by atoms with Gasteiger partial charge in [-0.05, 0) is 6.07 Å². The van der Waals surface area contributed by atoms with Gasteiger partial charge in [0.15, 0.2) is 0 Å². The summed E-state index contributed by atoms with van der Waals surface area (Å²) < 4.78 is 28.4. The highest BCUT2D eigenvalue weighted by Gasteiger charge is 2.07. The molecule has 0 saturated heterocycles. The molecule has 20 heavy (non-hydrogen) atoms. The van der Waals surface area contributed by atoms with Gasteiger partial charge >= 0.3 is 5.69 Å². The van der Waals surface area contributed by atoms with Crippen molar-refractivity contribution in [1.29, 1.82) is 0 Å².